The maximum atomic E-state index is 12.4. The number of nitrogens with one attached hydrogen (secondary N) is 1. The van der Waals surface area contributed by atoms with E-state index in [1.165, 1.54) is 0 Å². The maximum absolute atomic E-state index is 12.4. The molecule has 0 aromatic heterocycles. The van der Waals surface area contributed by atoms with E-state index in [4.69, 9.17) is 4.74 Å². The van der Waals surface area contributed by atoms with Gasteiger partial charge in [-0.05, 0) is 23.8 Å². The smallest absolute Gasteiger partial charge is 0.407 e. The second-order valence-electron chi connectivity index (χ2n) is 6.44. The summed E-state index contributed by atoms with van der Waals surface area (Å²) in [5.41, 5.74) is 0.941. The SMILES string of the molecule is CN(C)C(=O)[C@H]1[C@H](NC(=O)OCc2ccccc2)[C@H]2C=C[C@H]1C2. The van der Waals surface area contributed by atoms with Crippen LogP contribution in [-0.2, 0) is 16.1 Å². The lowest BCUT2D eigenvalue weighted by atomic mass is 9.88. The van der Waals surface area contributed by atoms with E-state index in [2.05, 4.69) is 17.5 Å². The van der Waals surface area contributed by atoms with Crippen molar-refractivity contribution in [2.45, 2.75) is 19.1 Å². The minimum absolute atomic E-state index is 0.0650. The third-order valence-corrected chi connectivity index (χ3v) is 4.68. The first-order valence-electron chi connectivity index (χ1n) is 7.93. The predicted octanol–water partition coefficient (Wildman–Crippen LogP) is 2.19. The summed E-state index contributed by atoms with van der Waals surface area (Å²) in [6.45, 7) is 0.232. The molecule has 2 amide bonds. The van der Waals surface area contributed by atoms with Crippen molar-refractivity contribution < 1.29 is 14.3 Å². The maximum Gasteiger partial charge on any atom is 0.407 e. The van der Waals surface area contributed by atoms with Gasteiger partial charge in [-0.2, -0.15) is 0 Å². The van der Waals surface area contributed by atoms with E-state index in [0.717, 1.165) is 12.0 Å². The lowest BCUT2D eigenvalue weighted by molar-refractivity contribution is -0.134. The third-order valence-electron chi connectivity index (χ3n) is 4.68. The Kier molecular flexibility index (Phi) is 4.37. The highest BCUT2D eigenvalue weighted by molar-refractivity contribution is 5.81. The normalized spacial score (nSPS) is 27.7. The zero-order valence-electron chi connectivity index (χ0n) is 13.4. The summed E-state index contributed by atoms with van der Waals surface area (Å²) in [5, 5.41) is 2.91. The van der Waals surface area contributed by atoms with Crippen molar-refractivity contribution in [3.63, 3.8) is 0 Å². The monoisotopic (exact) mass is 314 g/mol. The fraction of sp³-hybridized carbons (Fsp3) is 0.444. The second-order valence-corrected chi connectivity index (χ2v) is 6.44. The Balaban J connectivity index is 1.60. The Morgan fingerprint density at radius 3 is 2.57 bits per heavy atom. The van der Waals surface area contributed by atoms with Gasteiger partial charge >= 0.3 is 6.09 Å². The largest absolute Gasteiger partial charge is 0.445 e. The molecular weight excluding hydrogens is 292 g/mol. The molecule has 5 heteroatoms. The molecule has 1 aromatic carbocycles. The van der Waals surface area contributed by atoms with Crippen LogP contribution < -0.4 is 5.32 Å². The van der Waals surface area contributed by atoms with Gasteiger partial charge < -0.3 is 15.0 Å². The summed E-state index contributed by atoms with van der Waals surface area (Å²) in [7, 11) is 3.51. The lowest BCUT2D eigenvalue weighted by Gasteiger charge is -2.29. The van der Waals surface area contributed by atoms with Gasteiger partial charge in [-0.3, -0.25) is 4.79 Å². The van der Waals surface area contributed by atoms with Crippen LogP contribution in [0.4, 0.5) is 4.79 Å². The van der Waals surface area contributed by atoms with Gasteiger partial charge in [0.05, 0.1) is 12.0 Å². The summed E-state index contributed by atoms with van der Waals surface area (Å²) >= 11 is 0. The van der Waals surface area contributed by atoms with E-state index in [9.17, 15) is 9.59 Å². The highest BCUT2D eigenvalue weighted by atomic mass is 16.5. The summed E-state index contributed by atoms with van der Waals surface area (Å²) in [4.78, 5) is 26.1. The Labute approximate surface area is 136 Å². The van der Waals surface area contributed by atoms with Crippen LogP contribution in [0.15, 0.2) is 42.5 Å². The van der Waals surface area contributed by atoms with Gasteiger partial charge in [0.25, 0.3) is 0 Å². The minimum atomic E-state index is -0.462. The first-order valence-corrected chi connectivity index (χ1v) is 7.93. The van der Waals surface area contributed by atoms with Crippen LogP contribution in [0.3, 0.4) is 0 Å². The zero-order valence-corrected chi connectivity index (χ0v) is 13.4. The Hall–Kier alpha value is -2.30. The fourth-order valence-electron chi connectivity index (χ4n) is 3.55. The molecule has 122 valence electrons. The average molecular weight is 314 g/mol. The highest BCUT2D eigenvalue weighted by Gasteiger charge is 2.49. The first kappa shape index (κ1) is 15.6. The topological polar surface area (TPSA) is 58.6 Å². The molecule has 2 bridgehead atoms. The average Bonchev–Trinajstić information content (AvgIpc) is 3.14. The molecule has 0 heterocycles. The van der Waals surface area contributed by atoms with E-state index in [1.807, 2.05) is 30.3 Å². The predicted molar refractivity (Wildman–Crippen MR) is 86.5 cm³/mol. The highest BCUT2D eigenvalue weighted by Crippen LogP contribution is 2.44. The number of hydrogen-bond donors (Lipinski definition) is 1. The molecular formula is C18H22N2O3. The summed E-state index contributed by atoms with van der Waals surface area (Å²) < 4.78 is 5.29. The van der Waals surface area contributed by atoms with E-state index in [0.29, 0.717) is 0 Å². The molecule has 0 aliphatic heterocycles. The molecule has 0 spiro atoms. The number of alkyl carbamates (subject to hydrolysis) is 1. The van der Waals surface area contributed by atoms with E-state index >= 15 is 0 Å². The molecule has 1 fully saturated rings. The molecule has 2 aliphatic carbocycles. The van der Waals surface area contributed by atoms with Crippen LogP contribution in [0.5, 0.6) is 0 Å². The summed E-state index contributed by atoms with van der Waals surface area (Å²) in [6.07, 6.45) is 4.67. The van der Waals surface area contributed by atoms with Crippen molar-refractivity contribution in [3.05, 3.63) is 48.0 Å². The van der Waals surface area contributed by atoms with Gasteiger partial charge in [-0.1, -0.05) is 42.5 Å². The number of nitrogens with zero attached hydrogens (tertiary/aromatic N) is 1. The number of allylic oxidation sites excluding steroid dienone is 1. The Morgan fingerprint density at radius 2 is 1.87 bits per heavy atom. The van der Waals surface area contributed by atoms with Crippen molar-refractivity contribution in [2.24, 2.45) is 17.8 Å². The van der Waals surface area contributed by atoms with Crippen LogP contribution in [0.2, 0.25) is 0 Å². The number of benzene rings is 1. The van der Waals surface area contributed by atoms with Crippen molar-refractivity contribution in [3.8, 4) is 0 Å². The summed E-state index contributed by atoms with van der Waals surface area (Å²) in [6, 6.07) is 9.37. The lowest BCUT2D eigenvalue weighted by Crippen LogP contribution is -2.48. The molecule has 2 aliphatic rings. The van der Waals surface area contributed by atoms with Gasteiger partial charge in [0.15, 0.2) is 0 Å². The molecule has 1 saturated carbocycles. The minimum Gasteiger partial charge on any atom is -0.445 e. The molecule has 23 heavy (non-hydrogen) atoms. The van der Waals surface area contributed by atoms with Crippen LogP contribution in [0.1, 0.15) is 12.0 Å². The van der Waals surface area contributed by atoms with Crippen LogP contribution in [0, 0.1) is 17.8 Å². The molecule has 1 aromatic rings. The molecule has 1 N–H and O–H groups in total. The summed E-state index contributed by atoms with van der Waals surface area (Å²) in [5.74, 6) is 0.312. The number of carbonyl (C=O) groups is 2. The van der Waals surface area contributed by atoms with Crippen molar-refractivity contribution in [1.82, 2.24) is 10.2 Å². The van der Waals surface area contributed by atoms with Gasteiger partial charge in [0, 0.05) is 14.1 Å². The Morgan fingerprint density at radius 1 is 1.17 bits per heavy atom. The zero-order chi connectivity index (χ0) is 16.4. The van der Waals surface area contributed by atoms with Crippen molar-refractivity contribution >= 4 is 12.0 Å². The van der Waals surface area contributed by atoms with E-state index in [1.54, 1.807) is 19.0 Å². The van der Waals surface area contributed by atoms with Gasteiger partial charge in [-0.25, -0.2) is 4.79 Å². The number of rotatable bonds is 4. The molecule has 4 atom stereocenters. The Bertz CT molecular complexity index is 612. The molecule has 0 saturated heterocycles. The number of ether oxygens (including phenoxy) is 1. The van der Waals surface area contributed by atoms with E-state index in [-0.39, 0.29) is 36.3 Å². The van der Waals surface area contributed by atoms with Crippen molar-refractivity contribution in [2.75, 3.05) is 14.1 Å². The second kappa shape index (κ2) is 6.44. The fourth-order valence-corrected chi connectivity index (χ4v) is 3.55. The van der Waals surface area contributed by atoms with Crippen LogP contribution in [-0.4, -0.2) is 37.0 Å². The van der Waals surface area contributed by atoms with Crippen LogP contribution >= 0.6 is 0 Å². The van der Waals surface area contributed by atoms with Gasteiger partial charge in [0.2, 0.25) is 5.91 Å². The quantitative estimate of drug-likeness (QED) is 0.867. The molecule has 3 rings (SSSR count). The van der Waals surface area contributed by atoms with Crippen LogP contribution in [0.25, 0.3) is 0 Å². The van der Waals surface area contributed by atoms with Crippen molar-refractivity contribution in [1.29, 1.82) is 0 Å². The van der Waals surface area contributed by atoms with Gasteiger partial charge in [-0.15, -0.1) is 0 Å². The number of carbonyl (C=O) groups excluding carboxylic acids is 2. The molecule has 5 nitrogen and oxygen atoms in total. The molecule has 0 radical (unpaired) electrons. The third kappa shape index (κ3) is 3.23. The standard InChI is InChI=1S/C18H22N2O3/c1-20(2)17(21)15-13-8-9-14(10-13)16(15)19-18(22)23-11-12-6-4-3-5-7-12/h3-9,13-16H,10-11H2,1-2H3,(H,19,22)/t13-,14-,15+,16+/m0/s1. The number of hydrogen-bond acceptors (Lipinski definition) is 3. The number of amides is 2. The first-order chi connectivity index (χ1) is 11.1. The van der Waals surface area contributed by atoms with Gasteiger partial charge in [0.1, 0.15) is 6.61 Å². The molecule has 0 unspecified atom stereocenters. The van der Waals surface area contributed by atoms with E-state index < -0.39 is 6.09 Å². The number of fused-ring (bicyclic) bond motifs is 2.